The number of ketones is 1. The van der Waals surface area contributed by atoms with Gasteiger partial charge in [0, 0.05) is 28.8 Å². The average Bonchev–Trinajstić information content (AvgIpc) is 2.51. The largest absolute Gasteiger partial charge is 0.512 e. The molecule has 1 aromatic carbocycles. The summed E-state index contributed by atoms with van der Waals surface area (Å²) in [6.07, 6.45) is 0.583. The molecule has 0 unspecified atom stereocenters. The van der Waals surface area contributed by atoms with Crippen molar-refractivity contribution in [2.24, 2.45) is 0 Å². The van der Waals surface area contributed by atoms with Gasteiger partial charge >= 0.3 is 0 Å². The molecule has 1 aliphatic heterocycles. The molecule has 5 nitrogen and oxygen atoms in total. The Kier molecular flexibility index (Phi) is 3.34. The number of fused-ring (bicyclic) bond motifs is 1. The fourth-order valence-corrected chi connectivity index (χ4v) is 2.21. The first kappa shape index (κ1) is 13.6. The zero-order chi connectivity index (χ0) is 14.2. The molecule has 3 N–H and O–H groups in total. The Morgan fingerprint density at radius 1 is 1.53 bits per heavy atom. The van der Waals surface area contributed by atoms with E-state index in [-0.39, 0.29) is 23.5 Å². The van der Waals surface area contributed by atoms with Crippen LogP contribution in [-0.2, 0) is 15.2 Å². The Morgan fingerprint density at radius 3 is 2.84 bits per heavy atom. The minimum atomic E-state index is -1.92. The van der Waals surface area contributed by atoms with Crippen LogP contribution < -0.4 is 5.32 Å². The molecule has 0 fully saturated rings. The zero-order valence-corrected chi connectivity index (χ0v) is 10.9. The summed E-state index contributed by atoms with van der Waals surface area (Å²) < 4.78 is 0. The molecule has 1 aliphatic rings. The highest BCUT2D eigenvalue weighted by Crippen LogP contribution is 2.40. The van der Waals surface area contributed by atoms with Crippen LogP contribution in [0, 0.1) is 0 Å². The van der Waals surface area contributed by atoms with E-state index in [1.54, 1.807) is 12.1 Å². The van der Waals surface area contributed by atoms with Crippen LogP contribution in [0.25, 0.3) is 0 Å². The Morgan fingerprint density at radius 2 is 2.21 bits per heavy atom. The van der Waals surface area contributed by atoms with Crippen molar-refractivity contribution < 1.29 is 19.8 Å². The van der Waals surface area contributed by atoms with Gasteiger partial charge in [-0.3, -0.25) is 9.59 Å². The number of benzene rings is 1. The number of hydrogen-bond donors (Lipinski definition) is 3. The molecule has 0 aromatic heterocycles. The van der Waals surface area contributed by atoms with Gasteiger partial charge in [-0.2, -0.15) is 0 Å². The zero-order valence-electron chi connectivity index (χ0n) is 10.1. The number of aliphatic hydroxyl groups excluding tert-OH is 1. The van der Waals surface area contributed by atoms with Crippen molar-refractivity contribution >= 4 is 29.0 Å². The van der Waals surface area contributed by atoms with Crippen LogP contribution in [0.5, 0.6) is 0 Å². The van der Waals surface area contributed by atoms with E-state index < -0.39 is 11.5 Å². The third-order valence-corrected chi connectivity index (χ3v) is 3.09. The minimum absolute atomic E-state index is 0.286. The SMILES string of the molecule is CC(=O)/C=C(/O)C[C@]1(O)C(=O)Nc2ccc(Cl)cc21. The van der Waals surface area contributed by atoms with Gasteiger partial charge in [0.15, 0.2) is 11.4 Å². The summed E-state index contributed by atoms with van der Waals surface area (Å²) >= 11 is 5.84. The number of rotatable bonds is 3. The van der Waals surface area contributed by atoms with Crippen molar-refractivity contribution in [2.75, 3.05) is 5.32 Å². The Balaban J connectivity index is 2.41. The smallest absolute Gasteiger partial charge is 0.261 e. The maximum Gasteiger partial charge on any atom is 0.261 e. The molecule has 0 saturated heterocycles. The van der Waals surface area contributed by atoms with E-state index in [2.05, 4.69) is 5.32 Å². The molecule has 1 atom stereocenters. The van der Waals surface area contributed by atoms with Crippen molar-refractivity contribution in [3.8, 4) is 0 Å². The number of hydrogen-bond acceptors (Lipinski definition) is 4. The van der Waals surface area contributed by atoms with Crippen molar-refractivity contribution in [2.45, 2.75) is 18.9 Å². The molecule has 1 amide bonds. The quantitative estimate of drug-likeness (QED) is 0.583. The van der Waals surface area contributed by atoms with Crippen LogP contribution in [0.2, 0.25) is 5.02 Å². The maximum absolute atomic E-state index is 11.9. The number of amides is 1. The van der Waals surface area contributed by atoms with Gasteiger partial charge in [-0.1, -0.05) is 11.6 Å². The first-order chi connectivity index (χ1) is 8.83. The molecule has 100 valence electrons. The molecule has 19 heavy (non-hydrogen) atoms. The summed E-state index contributed by atoms with van der Waals surface area (Å²) in [4.78, 5) is 22.7. The third kappa shape index (κ3) is 2.47. The molecule has 0 aliphatic carbocycles. The van der Waals surface area contributed by atoms with E-state index >= 15 is 0 Å². The van der Waals surface area contributed by atoms with E-state index in [0.717, 1.165) is 6.08 Å². The molecule has 0 bridgehead atoms. The first-order valence-electron chi connectivity index (χ1n) is 5.57. The fourth-order valence-electron chi connectivity index (χ4n) is 2.04. The van der Waals surface area contributed by atoms with E-state index in [1.165, 1.54) is 13.0 Å². The second-order valence-corrected chi connectivity index (χ2v) is 4.86. The molecule has 1 aromatic rings. The number of anilines is 1. The number of carbonyl (C=O) groups excluding carboxylic acids is 2. The second kappa shape index (κ2) is 4.68. The van der Waals surface area contributed by atoms with Gasteiger partial charge in [0.25, 0.3) is 5.91 Å². The lowest BCUT2D eigenvalue weighted by Gasteiger charge is -2.20. The second-order valence-electron chi connectivity index (χ2n) is 4.43. The molecular weight excluding hydrogens is 270 g/mol. The molecule has 6 heteroatoms. The lowest BCUT2D eigenvalue weighted by Crippen LogP contribution is -2.34. The van der Waals surface area contributed by atoms with Gasteiger partial charge in [0.2, 0.25) is 0 Å². The fraction of sp³-hybridized carbons (Fsp3) is 0.231. The van der Waals surface area contributed by atoms with Crippen LogP contribution >= 0.6 is 11.6 Å². The number of nitrogens with one attached hydrogen (secondary N) is 1. The number of aliphatic hydroxyl groups is 2. The highest BCUT2D eigenvalue weighted by atomic mass is 35.5. The van der Waals surface area contributed by atoms with Crippen LogP contribution in [0.3, 0.4) is 0 Å². The lowest BCUT2D eigenvalue weighted by molar-refractivity contribution is -0.134. The van der Waals surface area contributed by atoms with Gasteiger partial charge in [-0.05, 0) is 25.1 Å². The normalized spacial score (nSPS) is 22.1. The Hall–Kier alpha value is -1.85. The Bertz CT molecular complexity index is 596. The van der Waals surface area contributed by atoms with Gasteiger partial charge in [0.05, 0.1) is 5.76 Å². The maximum atomic E-state index is 11.9. The molecule has 2 rings (SSSR count). The molecule has 1 heterocycles. The monoisotopic (exact) mass is 281 g/mol. The van der Waals surface area contributed by atoms with Crippen LogP contribution in [0.1, 0.15) is 18.9 Å². The van der Waals surface area contributed by atoms with Crippen molar-refractivity contribution in [1.29, 1.82) is 0 Å². The summed E-state index contributed by atoms with van der Waals surface area (Å²) in [5.74, 6) is -1.39. The van der Waals surface area contributed by atoms with Gasteiger partial charge in [0.1, 0.15) is 0 Å². The van der Waals surface area contributed by atoms with Crippen LogP contribution in [0.4, 0.5) is 5.69 Å². The molecular formula is C13H12ClNO4. The number of allylic oxidation sites excluding steroid dienone is 1. The van der Waals surface area contributed by atoms with Crippen molar-refractivity contribution in [3.05, 3.63) is 40.6 Å². The average molecular weight is 282 g/mol. The lowest BCUT2D eigenvalue weighted by atomic mass is 9.91. The first-order valence-corrected chi connectivity index (χ1v) is 5.94. The van der Waals surface area contributed by atoms with E-state index in [0.29, 0.717) is 10.7 Å². The summed E-state index contributed by atoms with van der Waals surface area (Å²) in [6.45, 7) is 1.26. The Labute approximate surface area is 114 Å². The van der Waals surface area contributed by atoms with E-state index in [4.69, 9.17) is 11.6 Å². The summed E-state index contributed by atoms with van der Waals surface area (Å²) in [5.41, 5.74) is -1.20. The topological polar surface area (TPSA) is 86.6 Å². The molecule has 0 radical (unpaired) electrons. The summed E-state index contributed by atoms with van der Waals surface area (Å²) in [5, 5.41) is 22.9. The third-order valence-electron chi connectivity index (χ3n) is 2.86. The van der Waals surface area contributed by atoms with Gasteiger partial charge in [-0.25, -0.2) is 0 Å². The minimum Gasteiger partial charge on any atom is -0.512 e. The predicted octanol–water partition coefficient (Wildman–Crippen LogP) is 1.90. The highest BCUT2D eigenvalue weighted by molar-refractivity contribution is 6.31. The predicted molar refractivity (Wildman–Crippen MR) is 70.0 cm³/mol. The highest BCUT2D eigenvalue weighted by Gasteiger charge is 2.46. The van der Waals surface area contributed by atoms with E-state index in [9.17, 15) is 19.8 Å². The van der Waals surface area contributed by atoms with Crippen LogP contribution in [-0.4, -0.2) is 21.9 Å². The standard InChI is InChI=1S/C13H12ClNO4/c1-7(16)4-9(17)6-13(19)10-5-8(14)2-3-11(10)15-12(13)18/h2-5,17,19H,6H2,1H3,(H,15,18)/b9-4+/t13-/m1/s1. The van der Waals surface area contributed by atoms with Crippen molar-refractivity contribution in [1.82, 2.24) is 0 Å². The summed E-state index contributed by atoms with van der Waals surface area (Å²) in [7, 11) is 0. The van der Waals surface area contributed by atoms with E-state index in [1.807, 2.05) is 0 Å². The molecule has 0 spiro atoms. The van der Waals surface area contributed by atoms with Crippen LogP contribution in [0.15, 0.2) is 30.0 Å². The van der Waals surface area contributed by atoms with Crippen molar-refractivity contribution in [3.63, 3.8) is 0 Å². The molecule has 0 saturated carbocycles. The summed E-state index contributed by atoms with van der Waals surface area (Å²) in [6, 6.07) is 4.60. The number of carbonyl (C=O) groups is 2. The van der Waals surface area contributed by atoms with Gasteiger partial charge in [-0.15, -0.1) is 0 Å². The number of halogens is 1. The van der Waals surface area contributed by atoms with Gasteiger partial charge < -0.3 is 15.5 Å².